The predicted octanol–water partition coefficient (Wildman–Crippen LogP) is 2.67. The third kappa shape index (κ3) is 3.66. The highest BCUT2D eigenvalue weighted by molar-refractivity contribution is 7.99. The Labute approximate surface area is 136 Å². The van der Waals surface area contributed by atoms with Crippen molar-refractivity contribution in [1.82, 2.24) is 10.2 Å². The van der Waals surface area contributed by atoms with Gasteiger partial charge in [0.2, 0.25) is 0 Å². The maximum absolute atomic E-state index is 12.6. The lowest BCUT2D eigenvalue weighted by Crippen LogP contribution is -2.30. The van der Waals surface area contributed by atoms with Crippen molar-refractivity contribution in [3.63, 3.8) is 0 Å². The van der Waals surface area contributed by atoms with Gasteiger partial charge >= 0.3 is 0 Å². The first-order chi connectivity index (χ1) is 10.6. The van der Waals surface area contributed by atoms with E-state index in [0.717, 1.165) is 48.3 Å². The molecule has 2 rings (SSSR count). The largest absolute Gasteiger partial charge is 0.356 e. The van der Waals surface area contributed by atoms with Crippen LogP contribution in [0.3, 0.4) is 0 Å². The first-order valence-electron chi connectivity index (χ1n) is 7.41. The molecule has 0 spiro atoms. The van der Waals surface area contributed by atoms with Gasteiger partial charge in [-0.25, -0.2) is 0 Å². The Morgan fingerprint density at radius 2 is 1.91 bits per heavy atom. The van der Waals surface area contributed by atoms with Crippen molar-refractivity contribution in [3.8, 4) is 6.19 Å². The zero-order chi connectivity index (χ0) is 16.1. The van der Waals surface area contributed by atoms with Crippen LogP contribution in [-0.2, 0) is 0 Å². The van der Waals surface area contributed by atoms with Crippen LogP contribution in [0.25, 0.3) is 0 Å². The smallest absolute Gasteiger partial charge is 0.254 e. The van der Waals surface area contributed by atoms with Gasteiger partial charge in [-0.2, -0.15) is 5.26 Å². The summed E-state index contributed by atoms with van der Waals surface area (Å²) in [7, 11) is 0. The van der Waals surface area contributed by atoms with E-state index in [0.29, 0.717) is 0 Å². The molecule has 1 aliphatic heterocycles. The minimum absolute atomic E-state index is 0.135. The van der Waals surface area contributed by atoms with Crippen LogP contribution in [-0.4, -0.2) is 35.7 Å². The number of nitrogens with zero attached hydrogens (tertiary/aromatic N) is 2. The molecule has 1 atom stereocenters. The Balaban J connectivity index is 2.21. The van der Waals surface area contributed by atoms with Gasteiger partial charge in [0.25, 0.3) is 5.91 Å². The van der Waals surface area contributed by atoms with Gasteiger partial charge in [0.1, 0.15) is 0 Å². The highest BCUT2D eigenvalue weighted by atomic mass is 32.2. The van der Waals surface area contributed by atoms with Gasteiger partial charge in [0.15, 0.2) is 11.7 Å². The van der Waals surface area contributed by atoms with Crippen molar-refractivity contribution in [1.29, 1.82) is 5.26 Å². The molecule has 0 saturated carbocycles. The van der Waals surface area contributed by atoms with E-state index in [1.165, 1.54) is 11.8 Å². The average Bonchev–Trinajstić information content (AvgIpc) is 3.00. The number of benzene rings is 1. The first-order valence-corrected chi connectivity index (χ1v) is 8.70. The van der Waals surface area contributed by atoms with E-state index in [1.54, 1.807) is 0 Å². The minimum Gasteiger partial charge on any atom is -0.356 e. The molecule has 1 aromatic rings. The number of rotatable bonds is 5. The molecule has 0 radical (unpaired) electrons. The number of hydrogen-bond acceptors (Lipinski definition) is 5. The second-order valence-corrected chi connectivity index (χ2v) is 6.44. The van der Waals surface area contributed by atoms with Gasteiger partial charge < -0.3 is 10.2 Å². The summed E-state index contributed by atoms with van der Waals surface area (Å²) in [6, 6.07) is 3.94. The molecule has 2 N–H and O–H groups in total. The summed E-state index contributed by atoms with van der Waals surface area (Å²) in [5, 5.41) is 14.7. The standard InChI is InChI=1S/C16H22N4OS/c1-11-8-13(19-16(22-3)18-10-17)9-12(2)14(11)15(21)20-6-4-5-7-20/h8-9,16,18-19H,4-7H2,1-3H3. The number of carbonyl (C=O) groups excluding carboxylic acids is 1. The van der Waals surface area contributed by atoms with Crippen molar-refractivity contribution in [2.75, 3.05) is 24.7 Å². The van der Waals surface area contributed by atoms with E-state index in [4.69, 9.17) is 5.26 Å². The van der Waals surface area contributed by atoms with Crippen molar-refractivity contribution >= 4 is 23.4 Å². The van der Waals surface area contributed by atoms with Gasteiger partial charge in [-0.1, -0.05) is 0 Å². The molecule has 1 heterocycles. The quantitative estimate of drug-likeness (QED) is 0.496. The summed E-state index contributed by atoms with van der Waals surface area (Å²) < 4.78 is 0. The normalized spacial score (nSPS) is 15.3. The van der Waals surface area contributed by atoms with Crippen LogP contribution in [0.5, 0.6) is 0 Å². The van der Waals surface area contributed by atoms with Crippen molar-refractivity contribution in [2.24, 2.45) is 0 Å². The molecule has 1 fully saturated rings. The molecule has 1 saturated heterocycles. The topological polar surface area (TPSA) is 68.2 Å². The SMILES string of the molecule is CSC(NC#N)Nc1cc(C)c(C(=O)N2CCCC2)c(C)c1. The van der Waals surface area contributed by atoms with Crippen LogP contribution in [0, 0.1) is 25.3 Å². The summed E-state index contributed by atoms with van der Waals surface area (Å²) in [5.74, 6) is 0.135. The number of thioether (sulfide) groups is 1. The summed E-state index contributed by atoms with van der Waals surface area (Å²) in [6.45, 7) is 5.65. The second kappa shape index (κ2) is 7.41. The fraction of sp³-hybridized carbons (Fsp3) is 0.500. The molecule has 22 heavy (non-hydrogen) atoms. The molecule has 1 unspecified atom stereocenters. The number of carbonyl (C=O) groups is 1. The van der Waals surface area contributed by atoms with Crippen LogP contribution in [0.2, 0.25) is 0 Å². The Hall–Kier alpha value is -1.87. The van der Waals surface area contributed by atoms with E-state index in [-0.39, 0.29) is 11.4 Å². The molecular weight excluding hydrogens is 296 g/mol. The average molecular weight is 318 g/mol. The second-order valence-electron chi connectivity index (χ2n) is 5.50. The van der Waals surface area contributed by atoms with Crippen LogP contribution in [0.1, 0.15) is 34.3 Å². The van der Waals surface area contributed by atoms with Gasteiger partial charge in [-0.05, 0) is 56.2 Å². The Morgan fingerprint density at radius 1 is 1.32 bits per heavy atom. The Morgan fingerprint density at radius 3 is 2.41 bits per heavy atom. The molecule has 118 valence electrons. The minimum atomic E-state index is -0.177. The number of nitrogens with one attached hydrogen (secondary N) is 2. The fourth-order valence-electron chi connectivity index (χ4n) is 2.83. The summed E-state index contributed by atoms with van der Waals surface area (Å²) in [5.41, 5.74) is 3.48. The summed E-state index contributed by atoms with van der Waals surface area (Å²) in [4.78, 5) is 14.6. The first kappa shape index (κ1) is 16.5. The number of amides is 1. The van der Waals surface area contributed by atoms with Crippen LogP contribution in [0.15, 0.2) is 12.1 Å². The van der Waals surface area contributed by atoms with E-state index >= 15 is 0 Å². The molecule has 0 aromatic heterocycles. The van der Waals surface area contributed by atoms with Gasteiger partial charge in [-0.3, -0.25) is 10.1 Å². The lowest BCUT2D eigenvalue weighted by Gasteiger charge is -2.21. The van der Waals surface area contributed by atoms with Crippen LogP contribution < -0.4 is 10.6 Å². The van der Waals surface area contributed by atoms with Gasteiger partial charge in [0.05, 0.1) is 0 Å². The van der Waals surface area contributed by atoms with Crippen molar-refractivity contribution in [2.45, 2.75) is 32.2 Å². The van der Waals surface area contributed by atoms with Crippen LogP contribution in [0.4, 0.5) is 5.69 Å². The van der Waals surface area contributed by atoms with Gasteiger partial charge in [0, 0.05) is 24.3 Å². The van der Waals surface area contributed by atoms with E-state index in [2.05, 4.69) is 10.6 Å². The maximum Gasteiger partial charge on any atom is 0.254 e. The molecule has 5 nitrogen and oxygen atoms in total. The van der Waals surface area contributed by atoms with E-state index in [1.807, 2.05) is 43.3 Å². The highest BCUT2D eigenvalue weighted by Crippen LogP contribution is 2.24. The molecule has 6 heteroatoms. The van der Waals surface area contributed by atoms with Gasteiger partial charge in [-0.15, -0.1) is 11.8 Å². The summed E-state index contributed by atoms with van der Waals surface area (Å²) in [6.07, 6.45) is 6.06. The number of anilines is 1. The zero-order valence-electron chi connectivity index (χ0n) is 13.3. The number of nitriles is 1. The van der Waals surface area contributed by atoms with Crippen molar-refractivity contribution < 1.29 is 4.79 Å². The highest BCUT2D eigenvalue weighted by Gasteiger charge is 2.22. The fourth-order valence-corrected chi connectivity index (χ4v) is 3.25. The van der Waals surface area contributed by atoms with Crippen molar-refractivity contribution in [3.05, 3.63) is 28.8 Å². The van der Waals surface area contributed by atoms with E-state index in [9.17, 15) is 4.79 Å². The third-order valence-corrected chi connectivity index (χ3v) is 4.58. The molecule has 0 bridgehead atoms. The van der Waals surface area contributed by atoms with Crippen LogP contribution >= 0.6 is 11.8 Å². The maximum atomic E-state index is 12.6. The van der Waals surface area contributed by atoms with E-state index < -0.39 is 0 Å². The number of aryl methyl sites for hydroxylation is 2. The lowest BCUT2D eigenvalue weighted by molar-refractivity contribution is 0.0791. The Kier molecular flexibility index (Phi) is 5.56. The molecule has 1 amide bonds. The molecule has 0 aliphatic carbocycles. The number of likely N-dealkylation sites (tertiary alicyclic amines) is 1. The number of hydrogen-bond donors (Lipinski definition) is 2. The third-order valence-electron chi connectivity index (χ3n) is 3.87. The Bertz CT molecular complexity index is 567. The molecule has 1 aliphatic rings. The lowest BCUT2D eigenvalue weighted by atomic mass is 10.0. The zero-order valence-corrected chi connectivity index (χ0v) is 14.1. The summed E-state index contributed by atoms with van der Waals surface area (Å²) >= 11 is 1.51. The predicted molar refractivity (Wildman–Crippen MR) is 90.7 cm³/mol. The monoisotopic (exact) mass is 318 g/mol. The molecular formula is C16H22N4OS. The molecule has 1 aromatic carbocycles.